The van der Waals surface area contributed by atoms with Crippen molar-refractivity contribution < 1.29 is 29.6 Å². The van der Waals surface area contributed by atoms with Gasteiger partial charge in [-0.3, -0.25) is 4.90 Å². The van der Waals surface area contributed by atoms with E-state index in [0.29, 0.717) is 13.2 Å². The molecule has 0 bridgehead atoms. The van der Waals surface area contributed by atoms with Gasteiger partial charge in [0, 0.05) is 6.54 Å². The summed E-state index contributed by atoms with van der Waals surface area (Å²) in [5, 5.41) is 30.2. The molecule has 5 atom stereocenters. The van der Waals surface area contributed by atoms with Gasteiger partial charge in [0.2, 0.25) is 0 Å². The Bertz CT molecular complexity index is 579. The Morgan fingerprint density at radius 3 is 1.62 bits per heavy atom. The number of amides is 1. The number of nitrogens with two attached hydrogens (primary N) is 1. The zero-order valence-electron chi connectivity index (χ0n) is 25.2. The molecular formula is C31H62N2O6. The molecule has 1 fully saturated rings. The molecule has 0 aromatic carbocycles. The minimum atomic E-state index is -1.30. The SMILES string of the molecule is CCCCCCCCCCCCOC(=O)N(CCCCCCCCCCCC)[C@@H]1O[C@H](CO)[C@@H](O)[C@H](O)[C@H]1N. The van der Waals surface area contributed by atoms with E-state index in [4.69, 9.17) is 15.2 Å². The number of unbranched alkanes of at least 4 members (excludes halogenated alkanes) is 18. The Morgan fingerprint density at radius 1 is 0.718 bits per heavy atom. The number of hydrogen-bond acceptors (Lipinski definition) is 7. The fourth-order valence-corrected chi connectivity index (χ4v) is 5.32. The van der Waals surface area contributed by atoms with E-state index in [1.165, 1.54) is 94.8 Å². The van der Waals surface area contributed by atoms with Gasteiger partial charge in [0.15, 0.2) is 6.23 Å². The van der Waals surface area contributed by atoms with Crippen molar-refractivity contribution in [2.24, 2.45) is 5.73 Å². The Morgan fingerprint density at radius 2 is 1.15 bits per heavy atom. The van der Waals surface area contributed by atoms with Gasteiger partial charge in [0.1, 0.15) is 18.3 Å². The van der Waals surface area contributed by atoms with Crippen molar-refractivity contribution in [3.8, 4) is 0 Å². The van der Waals surface area contributed by atoms with Crippen LogP contribution in [0, 0.1) is 0 Å². The fourth-order valence-electron chi connectivity index (χ4n) is 5.32. The summed E-state index contributed by atoms with van der Waals surface area (Å²) in [7, 11) is 0. The van der Waals surface area contributed by atoms with Gasteiger partial charge < -0.3 is 30.5 Å². The highest BCUT2D eigenvalue weighted by Gasteiger charge is 2.46. The molecule has 0 aromatic heterocycles. The first-order valence-corrected chi connectivity index (χ1v) is 16.3. The van der Waals surface area contributed by atoms with Crippen LogP contribution >= 0.6 is 0 Å². The first-order valence-electron chi connectivity index (χ1n) is 16.3. The van der Waals surface area contributed by atoms with Gasteiger partial charge >= 0.3 is 6.09 Å². The molecule has 1 rings (SSSR count). The number of ether oxygens (including phenoxy) is 2. The lowest BCUT2D eigenvalue weighted by Gasteiger charge is -2.44. The maximum atomic E-state index is 13.1. The third-order valence-corrected chi connectivity index (χ3v) is 7.97. The first-order chi connectivity index (χ1) is 19.0. The second kappa shape index (κ2) is 23.7. The Balaban J connectivity index is 2.44. The first kappa shape index (κ1) is 36.1. The van der Waals surface area contributed by atoms with Crippen LogP contribution in [-0.4, -0.2) is 76.7 Å². The average Bonchev–Trinajstić information content (AvgIpc) is 2.94. The van der Waals surface area contributed by atoms with Gasteiger partial charge in [0.25, 0.3) is 0 Å². The van der Waals surface area contributed by atoms with Crippen molar-refractivity contribution >= 4 is 6.09 Å². The molecule has 232 valence electrons. The molecule has 1 aliphatic rings. The molecule has 1 amide bonds. The lowest BCUT2D eigenvalue weighted by Crippen LogP contribution is -2.67. The average molecular weight is 559 g/mol. The minimum absolute atomic E-state index is 0.334. The molecule has 5 N–H and O–H groups in total. The molecule has 0 radical (unpaired) electrons. The van der Waals surface area contributed by atoms with Crippen molar-refractivity contribution in [3.63, 3.8) is 0 Å². The van der Waals surface area contributed by atoms with Gasteiger partial charge in [-0.15, -0.1) is 0 Å². The number of rotatable bonds is 24. The van der Waals surface area contributed by atoms with E-state index < -0.39 is 43.3 Å². The normalized spacial score (nSPS) is 23.2. The molecule has 1 heterocycles. The van der Waals surface area contributed by atoms with Crippen LogP contribution in [0.1, 0.15) is 142 Å². The van der Waals surface area contributed by atoms with Crippen LogP contribution in [0.2, 0.25) is 0 Å². The van der Waals surface area contributed by atoms with Crippen molar-refractivity contribution in [1.82, 2.24) is 4.90 Å². The van der Waals surface area contributed by atoms with Crippen LogP contribution in [-0.2, 0) is 9.47 Å². The number of aliphatic hydroxyl groups excluding tert-OH is 3. The largest absolute Gasteiger partial charge is 0.449 e. The van der Waals surface area contributed by atoms with E-state index in [-0.39, 0.29) is 0 Å². The maximum absolute atomic E-state index is 13.1. The van der Waals surface area contributed by atoms with Gasteiger partial charge in [0.05, 0.1) is 19.3 Å². The van der Waals surface area contributed by atoms with Crippen molar-refractivity contribution in [2.75, 3.05) is 19.8 Å². The Labute approximate surface area is 239 Å². The summed E-state index contributed by atoms with van der Waals surface area (Å²) in [6, 6.07) is -0.990. The molecule has 1 saturated heterocycles. The summed E-state index contributed by atoms with van der Waals surface area (Å²) in [6.07, 6.45) is 18.8. The Kier molecular flexibility index (Phi) is 22.0. The van der Waals surface area contributed by atoms with Gasteiger partial charge in [-0.2, -0.15) is 0 Å². The van der Waals surface area contributed by atoms with Crippen molar-refractivity contribution in [3.05, 3.63) is 0 Å². The fraction of sp³-hybridized carbons (Fsp3) is 0.968. The summed E-state index contributed by atoms with van der Waals surface area (Å²) in [5.41, 5.74) is 6.18. The molecule has 0 aliphatic carbocycles. The summed E-state index contributed by atoms with van der Waals surface area (Å²) in [4.78, 5) is 14.5. The van der Waals surface area contributed by atoms with Gasteiger partial charge in [-0.05, 0) is 12.8 Å². The van der Waals surface area contributed by atoms with Crippen LogP contribution < -0.4 is 5.73 Å². The highest BCUT2D eigenvalue weighted by atomic mass is 16.6. The lowest BCUT2D eigenvalue weighted by molar-refractivity contribution is -0.221. The molecule has 39 heavy (non-hydrogen) atoms. The van der Waals surface area contributed by atoms with Crippen molar-refractivity contribution in [1.29, 1.82) is 0 Å². The molecular weight excluding hydrogens is 496 g/mol. The van der Waals surface area contributed by atoms with E-state index in [1.54, 1.807) is 0 Å². The molecule has 1 aliphatic heterocycles. The third kappa shape index (κ3) is 15.6. The number of nitrogens with zero attached hydrogens (tertiary/aromatic N) is 1. The number of aliphatic hydroxyl groups is 3. The molecule has 0 aromatic rings. The second-order valence-corrected chi connectivity index (χ2v) is 11.5. The van der Waals surface area contributed by atoms with Crippen molar-refractivity contribution in [2.45, 2.75) is 173 Å². The molecule has 0 spiro atoms. The molecule has 8 heteroatoms. The lowest BCUT2D eigenvalue weighted by atomic mass is 9.96. The maximum Gasteiger partial charge on any atom is 0.411 e. The molecule has 0 saturated carbocycles. The zero-order valence-corrected chi connectivity index (χ0v) is 25.2. The van der Waals surface area contributed by atoms with Crippen LogP contribution in [0.4, 0.5) is 4.79 Å². The smallest absolute Gasteiger partial charge is 0.411 e. The highest BCUT2D eigenvalue weighted by molar-refractivity contribution is 5.68. The van der Waals surface area contributed by atoms with Gasteiger partial charge in [-0.1, -0.05) is 129 Å². The molecule has 0 unspecified atom stereocenters. The highest BCUT2D eigenvalue weighted by Crippen LogP contribution is 2.24. The van der Waals surface area contributed by atoms with Gasteiger partial charge in [-0.25, -0.2) is 4.79 Å². The topological polar surface area (TPSA) is 125 Å². The summed E-state index contributed by atoms with van der Waals surface area (Å²) >= 11 is 0. The van der Waals surface area contributed by atoms with Crippen LogP contribution in [0.3, 0.4) is 0 Å². The summed E-state index contributed by atoms with van der Waals surface area (Å²) in [6.45, 7) is 4.73. The number of carbonyl (C=O) groups is 1. The standard InChI is InChI=1S/C31H62N2O6/c1-3-5-7-9-11-13-15-17-19-21-23-33(30-27(32)29(36)28(35)26(25-34)39-30)31(37)38-24-22-20-18-16-14-12-10-8-6-4-2/h26-30,34-36H,3-25,32H2,1-2H3/t26-,27-,28-,29-,30-/m1/s1. The monoisotopic (exact) mass is 558 g/mol. The van der Waals surface area contributed by atoms with E-state index >= 15 is 0 Å². The predicted molar refractivity (Wildman–Crippen MR) is 157 cm³/mol. The van der Waals surface area contributed by atoms with E-state index in [2.05, 4.69) is 13.8 Å². The third-order valence-electron chi connectivity index (χ3n) is 7.97. The Hall–Kier alpha value is -0.930. The summed E-state index contributed by atoms with van der Waals surface area (Å²) < 4.78 is 11.4. The van der Waals surface area contributed by atoms with E-state index in [0.717, 1.165) is 38.5 Å². The predicted octanol–water partition coefficient (Wildman–Crippen LogP) is 6.03. The zero-order chi connectivity index (χ0) is 28.7. The van der Waals surface area contributed by atoms with E-state index in [9.17, 15) is 20.1 Å². The van der Waals surface area contributed by atoms with E-state index in [1.807, 2.05) is 0 Å². The molecule has 8 nitrogen and oxygen atoms in total. The van der Waals surface area contributed by atoms with Crippen LogP contribution in [0.15, 0.2) is 0 Å². The number of hydrogen-bond donors (Lipinski definition) is 4. The minimum Gasteiger partial charge on any atom is -0.449 e. The summed E-state index contributed by atoms with van der Waals surface area (Å²) in [5.74, 6) is 0. The quantitative estimate of drug-likeness (QED) is 0.107. The second-order valence-electron chi connectivity index (χ2n) is 11.5. The van der Waals surface area contributed by atoms with Crippen LogP contribution in [0.5, 0.6) is 0 Å². The number of carbonyl (C=O) groups excluding carboxylic acids is 1. The van der Waals surface area contributed by atoms with Crippen LogP contribution in [0.25, 0.3) is 0 Å².